The van der Waals surface area contributed by atoms with Crippen LogP contribution in [0.2, 0.25) is 0 Å². The summed E-state index contributed by atoms with van der Waals surface area (Å²) in [7, 11) is 0. The van der Waals surface area contributed by atoms with Crippen LogP contribution in [0.1, 0.15) is 45.7 Å². The van der Waals surface area contributed by atoms with Crippen LogP contribution in [0, 0.1) is 0 Å². The van der Waals surface area contributed by atoms with E-state index in [4.69, 9.17) is 20.4 Å². The van der Waals surface area contributed by atoms with Gasteiger partial charge in [0.2, 0.25) is 11.8 Å². The number of carbonyl (C=O) groups excluding carboxylic acids is 3. The van der Waals surface area contributed by atoms with Crippen LogP contribution in [0.4, 0.5) is 18.0 Å². The first kappa shape index (κ1) is 37.9. The number of carbonyl (C=O) groups is 4. The lowest BCUT2D eigenvalue weighted by Crippen LogP contribution is -2.49. The molecule has 2 rings (SSSR count). The number of carboxylic acid groups (broad SMARTS) is 1. The van der Waals surface area contributed by atoms with Crippen molar-refractivity contribution in [3.05, 3.63) is 71.8 Å². The quantitative estimate of drug-likeness (QED) is 0.295. The maximum atomic E-state index is 12.1. The predicted molar refractivity (Wildman–Crippen MR) is 152 cm³/mol. The molecule has 3 amide bonds. The van der Waals surface area contributed by atoms with E-state index in [1.807, 2.05) is 74.5 Å². The van der Waals surface area contributed by atoms with Crippen molar-refractivity contribution in [3.8, 4) is 0 Å². The van der Waals surface area contributed by atoms with E-state index in [9.17, 15) is 27.6 Å². The van der Waals surface area contributed by atoms with E-state index in [2.05, 4.69) is 16.0 Å². The van der Waals surface area contributed by atoms with Crippen molar-refractivity contribution < 1.29 is 42.2 Å². The van der Waals surface area contributed by atoms with Crippen LogP contribution in [-0.2, 0) is 32.0 Å². The lowest BCUT2D eigenvalue weighted by atomic mass is 10.1. The molecule has 10 nitrogen and oxygen atoms in total. The molecule has 0 bridgehead atoms. The summed E-state index contributed by atoms with van der Waals surface area (Å²) in [4.78, 5) is 44.1. The van der Waals surface area contributed by atoms with Gasteiger partial charge in [0.05, 0.1) is 6.04 Å². The second-order valence-electron chi connectivity index (χ2n) is 9.78. The molecule has 2 aromatic carbocycles. The highest BCUT2D eigenvalue weighted by atomic mass is 19.4. The fourth-order valence-corrected chi connectivity index (χ4v) is 3.07. The standard InChI is InChI=1S/C16H24N2O3.C11H16N2O.C2HF3O2/c1-5-17-14(19)13(11-12-9-7-6-8-10-12)18-15(20)21-16(2,3)4;1-2-13-11(14)10(12)8-9-6-4-3-5-7-9;3-2(4,5)1(6)7/h6-10,13H,5,11H2,1-4H3,(H,17,19)(H,18,20);3-7,10H,2,8,12H2,1H3,(H,13,14);(H,6,7)/t13-;10-;/m00./s1. The Morgan fingerprint density at radius 2 is 1.21 bits per heavy atom. The molecule has 0 radical (unpaired) electrons. The van der Waals surface area contributed by atoms with Crippen molar-refractivity contribution in [1.29, 1.82) is 0 Å². The molecule has 0 aliphatic carbocycles. The molecule has 0 heterocycles. The van der Waals surface area contributed by atoms with Gasteiger partial charge in [-0.2, -0.15) is 13.2 Å². The molecule has 2 atom stereocenters. The Balaban J connectivity index is 0.000000685. The third-order valence-electron chi connectivity index (χ3n) is 4.87. The number of halogens is 3. The van der Waals surface area contributed by atoms with Crippen molar-refractivity contribution in [2.75, 3.05) is 13.1 Å². The average molecular weight is 599 g/mol. The molecule has 0 saturated heterocycles. The van der Waals surface area contributed by atoms with Crippen LogP contribution < -0.4 is 21.7 Å². The molecule has 234 valence electrons. The Kier molecular flexibility index (Phi) is 17.2. The lowest BCUT2D eigenvalue weighted by molar-refractivity contribution is -0.192. The number of amides is 3. The molecular weight excluding hydrogens is 557 g/mol. The van der Waals surface area contributed by atoms with E-state index >= 15 is 0 Å². The summed E-state index contributed by atoms with van der Waals surface area (Å²) < 4.78 is 36.9. The van der Waals surface area contributed by atoms with Gasteiger partial charge in [0, 0.05) is 19.5 Å². The average Bonchev–Trinajstić information content (AvgIpc) is 2.89. The van der Waals surface area contributed by atoms with Gasteiger partial charge in [0.1, 0.15) is 11.6 Å². The summed E-state index contributed by atoms with van der Waals surface area (Å²) in [6, 6.07) is 18.2. The van der Waals surface area contributed by atoms with E-state index in [-0.39, 0.29) is 11.8 Å². The third-order valence-corrected chi connectivity index (χ3v) is 4.87. The van der Waals surface area contributed by atoms with Crippen LogP contribution in [0.3, 0.4) is 0 Å². The first-order valence-electron chi connectivity index (χ1n) is 13.2. The number of nitrogens with one attached hydrogen (secondary N) is 3. The summed E-state index contributed by atoms with van der Waals surface area (Å²) >= 11 is 0. The summed E-state index contributed by atoms with van der Waals surface area (Å²) in [5.74, 6) is -3.06. The highest BCUT2D eigenvalue weighted by molar-refractivity contribution is 5.86. The minimum Gasteiger partial charge on any atom is -0.475 e. The van der Waals surface area contributed by atoms with Gasteiger partial charge < -0.3 is 31.5 Å². The summed E-state index contributed by atoms with van der Waals surface area (Å²) in [5.41, 5.74) is 7.19. The molecule has 0 fully saturated rings. The Morgan fingerprint density at radius 1 is 0.810 bits per heavy atom. The lowest BCUT2D eigenvalue weighted by Gasteiger charge is -2.23. The van der Waals surface area contributed by atoms with Gasteiger partial charge in [0.25, 0.3) is 0 Å². The van der Waals surface area contributed by atoms with Crippen LogP contribution in [0.15, 0.2) is 60.7 Å². The van der Waals surface area contributed by atoms with E-state index in [1.54, 1.807) is 20.8 Å². The Bertz CT molecular complexity index is 1090. The van der Waals surface area contributed by atoms with E-state index in [1.165, 1.54) is 0 Å². The molecule has 0 unspecified atom stereocenters. The van der Waals surface area contributed by atoms with E-state index in [0.29, 0.717) is 25.9 Å². The normalized spacial score (nSPS) is 12.1. The van der Waals surface area contributed by atoms with Gasteiger partial charge >= 0.3 is 18.2 Å². The molecule has 0 aromatic heterocycles. The minimum absolute atomic E-state index is 0.0867. The van der Waals surface area contributed by atoms with Crippen molar-refractivity contribution in [2.24, 2.45) is 5.73 Å². The zero-order valence-corrected chi connectivity index (χ0v) is 24.5. The Morgan fingerprint density at radius 3 is 1.60 bits per heavy atom. The highest BCUT2D eigenvalue weighted by Gasteiger charge is 2.38. The Labute approximate surface area is 244 Å². The molecular formula is C29H41F3N4O6. The largest absolute Gasteiger partial charge is 0.490 e. The number of nitrogens with two attached hydrogens (primary N) is 1. The molecule has 42 heavy (non-hydrogen) atoms. The van der Waals surface area contributed by atoms with Crippen molar-refractivity contribution in [2.45, 2.75) is 71.3 Å². The van der Waals surface area contributed by atoms with Gasteiger partial charge in [-0.3, -0.25) is 9.59 Å². The monoisotopic (exact) mass is 598 g/mol. The molecule has 0 saturated carbocycles. The topological polar surface area (TPSA) is 160 Å². The molecule has 2 aromatic rings. The number of alkyl carbamates (subject to hydrolysis) is 1. The fraction of sp³-hybridized carbons (Fsp3) is 0.448. The van der Waals surface area contributed by atoms with Crippen molar-refractivity contribution in [3.63, 3.8) is 0 Å². The number of aliphatic carboxylic acids is 1. The minimum atomic E-state index is -5.08. The van der Waals surface area contributed by atoms with E-state index in [0.717, 1.165) is 11.1 Å². The zero-order chi connectivity index (χ0) is 32.3. The van der Waals surface area contributed by atoms with Crippen LogP contribution in [0.5, 0.6) is 0 Å². The van der Waals surface area contributed by atoms with Crippen LogP contribution in [-0.4, -0.2) is 65.9 Å². The smallest absolute Gasteiger partial charge is 0.475 e. The number of likely N-dealkylation sites (N-methyl/N-ethyl adjacent to an activating group) is 2. The highest BCUT2D eigenvalue weighted by Crippen LogP contribution is 2.13. The van der Waals surface area contributed by atoms with Gasteiger partial charge in [-0.05, 0) is 52.2 Å². The van der Waals surface area contributed by atoms with E-state index < -0.39 is 35.9 Å². The first-order chi connectivity index (χ1) is 19.5. The molecule has 0 aliphatic rings. The van der Waals surface area contributed by atoms with Crippen LogP contribution in [0.25, 0.3) is 0 Å². The summed E-state index contributed by atoms with van der Waals surface area (Å²) in [5, 5.41) is 15.2. The van der Waals surface area contributed by atoms with Gasteiger partial charge in [0.15, 0.2) is 0 Å². The molecule has 0 aliphatic heterocycles. The van der Waals surface area contributed by atoms with Gasteiger partial charge in [-0.1, -0.05) is 60.7 Å². The summed E-state index contributed by atoms with van der Waals surface area (Å²) in [6.07, 6.45) is -4.66. The number of alkyl halides is 3. The number of rotatable bonds is 9. The number of ether oxygens (including phenoxy) is 1. The number of benzene rings is 2. The fourth-order valence-electron chi connectivity index (χ4n) is 3.07. The van der Waals surface area contributed by atoms with Gasteiger partial charge in [-0.25, -0.2) is 9.59 Å². The number of carboxylic acids is 1. The maximum absolute atomic E-state index is 12.1. The molecule has 13 heteroatoms. The second-order valence-corrected chi connectivity index (χ2v) is 9.78. The zero-order valence-electron chi connectivity index (χ0n) is 24.5. The number of hydrogen-bond acceptors (Lipinski definition) is 6. The summed E-state index contributed by atoms with van der Waals surface area (Å²) in [6.45, 7) is 10.2. The molecule has 0 spiro atoms. The third kappa shape index (κ3) is 18.3. The Hall–Kier alpha value is -4.13. The second kappa shape index (κ2) is 19.1. The van der Waals surface area contributed by atoms with Crippen LogP contribution >= 0.6 is 0 Å². The maximum Gasteiger partial charge on any atom is 0.490 e. The van der Waals surface area contributed by atoms with Gasteiger partial charge in [-0.15, -0.1) is 0 Å². The predicted octanol–water partition coefficient (Wildman–Crippen LogP) is 3.58. The number of hydrogen-bond donors (Lipinski definition) is 5. The first-order valence-corrected chi connectivity index (χ1v) is 13.2. The SMILES string of the molecule is CCNC(=O)[C@@H](N)Cc1ccccc1.CCNC(=O)[C@H](Cc1ccccc1)NC(=O)OC(C)(C)C.O=C(O)C(F)(F)F. The van der Waals surface area contributed by atoms with Crippen molar-refractivity contribution >= 4 is 23.9 Å². The van der Waals surface area contributed by atoms with Crippen molar-refractivity contribution in [1.82, 2.24) is 16.0 Å². The molecule has 6 N–H and O–H groups in total.